The van der Waals surface area contributed by atoms with Crippen molar-refractivity contribution in [3.63, 3.8) is 0 Å². The highest BCUT2D eigenvalue weighted by molar-refractivity contribution is 7.89. The summed E-state index contributed by atoms with van der Waals surface area (Å²) in [6, 6.07) is 6.07. The van der Waals surface area contributed by atoms with Gasteiger partial charge >= 0.3 is 5.97 Å². The summed E-state index contributed by atoms with van der Waals surface area (Å²) in [5.41, 5.74) is 0.860. The minimum atomic E-state index is -3.59. The quantitative estimate of drug-likeness (QED) is 0.817. The van der Waals surface area contributed by atoms with Gasteiger partial charge in [0.25, 0.3) is 0 Å². The molecule has 6 heteroatoms. The number of esters is 1. The van der Waals surface area contributed by atoms with E-state index in [2.05, 4.69) is 9.46 Å². The molecule has 0 amide bonds. The van der Waals surface area contributed by atoms with Crippen molar-refractivity contribution in [2.45, 2.75) is 31.2 Å². The number of carbonyl (C=O) groups is 1. The lowest BCUT2D eigenvalue weighted by Gasteiger charge is -2.13. The molecule has 18 heavy (non-hydrogen) atoms. The Bertz CT molecular complexity index is 525. The summed E-state index contributed by atoms with van der Waals surface area (Å²) in [6.45, 7) is 3.43. The van der Waals surface area contributed by atoms with Gasteiger partial charge in [-0.15, -0.1) is 0 Å². The van der Waals surface area contributed by atoms with Crippen molar-refractivity contribution >= 4 is 16.0 Å². The highest BCUT2D eigenvalue weighted by Crippen LogP contribution is 2.11. The van der Waals surface area contributed by atoms with E-state index in [-0.39, 0.29) is 11.3 Å². The molecule has 100 valence electrons. The van der Waals surface area contributed by atoms with Crippen molar-refractivity contribution in [1.82, 2.24) is 4.72 Å². The number of hydrogen-bond donors (Lipinski definition) is 1. The Labute approximate surface area is 107 Å². The lowest BCUT2D eigenvalue weighted by atomic mass is 10.2. The molecule has 0 aromatic heterocycles. The summed E-state index contributed by atoms with van der Waals surface area (Å²) < 4.78 is 30.9. The maximum atomic E-state index is 12.0. The average Bonchev–Trinajstić information content (AvgIpc) is 2.28. The van der Waals surface area contributed by atoms with Gasteiger partial charge in [0.05, 0.1) is 18.4 Å². The number of hydrogen-bond acceptors (Lipinski definition) is 4. The van der Waals surface area contributed by atoms with Crippen LogP contribution >= 0.6 is 0 Å². The molecule has 0 aliphatic carbocycles. The standard InChI is InChI=1S/C12H17NO4S/c1-9-5-4-6-11(7-9)18(15,16)13-10(2)8-12(14)17-3/h4-7,10,13H,8H2,1-3H3/t10-/m1/s1. The van der Waals surface area contributed by atoms with Crippen LogP contribution < -0.4 is 4.72 Å². The van der Waals surface area contributed by atoms with Crippen LogP contribution in [0.1, 0.15) is 18.9 Å². The fraction of sp³-hybridized carbons (Fsp3) is 0.417. The van der Waals surface area contributed by atoms with Crippen LogP contribution in [0.25, 0.3) is 0 Å². The van der Waals surface area contributed by atoms with Gasteiger partial charge in [-0.05, 0) is 31.5 Å². The van der Waals surface area contributed by atoms with Crippen LogP contribution in [0.4, 0.5) is 0 Å². The van der Waals surface area contributed by atoms with Gasteiger partial charge in [-0.25, -0.2) is 13.1 Å². The third-order valence-electron chi connectivity index (χ3n) is 2.36. The van der Waals surface area contributed by atoms with E-state index in [0.29, 0.717) is 0 Å². The molecular formula is C12H17NO4S. The van der Waals surface area contributed by atoms with Gasteiger partial charge < -0.3 is 4.74 Å². The van der Waals surface area contributed by atoms with Gasteiger partial charge in [0.1, 0.15) is 0 Å². The molecule has 0 bridgehead atoms. The fourth-order valence-corrected chi connectivity index (χ4v) is 2.84. The van der Waals surface area contributed by atoms with E-state index >= 15 is 0 Å². The molecule has 1 rings (SSSR count). The van der Waals surface area contributed by atoms with Crippen LogP contribution in [0.2, 0.25) is 0 Å². The second-order valence-electron chi connectivity index (χ2n) is 4.12. The molecule has 0 aliphatic rings. The van der Waals surface area contributed by atoms with Crippen LogP contribution in [0, 0.1) is 6.92 Å². The predicted octanol–water partition coefficient (Wildman–Crippen LogP) is 1.22. The number of nitrogens with one attached hydrogen (secondary N) is 1. The van der Waals surface area contributed by atoms with Crippen LogP contribution in [0.15, 0.2) is 29.2 Å². The summed E-state index contributed by atoms with van der Waals surface area (Å²) in [5, 5.41) is 0. The van der Waals surface area contributed by atoms with E-state index in [1.165, 1.54) is 13.2 Å². The Hall–Kier alpha value is -1.40. The molecule has 1 atom stereocenters. The van der Waals surface area contributed by atoms with Crippen LogP contribution in [0.5, 0.6) is 0 Å². The third-order valence-corrected chi connectivity index (χ3v) is 3.94. The first-order valence-electron chi connectivity index (χ1n) is 5.51. The first kappa shape index (κ1) is 14.7. The molecule has 0 saturated heterocycles. The zero-order valence-electron chi connectivity index (χ0n) is 10.6. The summed E-state index contributed by atoms with van der Waals surface area (Å²) in [5.74, 6) is -0.450. The summed E-state index contributed by atoms with van der Waals surface area (Å²) in [4.78, 5) is 11.2. The molecule has 0 unspecified atom stereocenters. The number of sulfonamides is 1. The number of aryl methyl sites for hydroxylation is 1. The highest BCUT2D eigenvalue weighted by atomic mass is 32.2. The van der Waals surface area contributed by atoms with Gasteiger partial charge in [0, 0.05) is 6.04 Å². The molecule has 0 radical (unpaired) electrons. The van der Waals surface area contributed by atoms with Crippen molar-refractivity contribution in [1.29, 1.82) is 0 Å². The van der Waals surface area contributed by atoms with Crippen LogP contribution in [-0.4, -0.2) is 27.5 Å². The van der Waals surface area contributed by atoms with Gasteiger partial charge in [0.2, 0.25) is 10.0 Å². The largest absolute Gasteiger partial charge is 0.469 e. The highest BCUT2D eigenvalue weighted by Gasteiger charge is 2.19. The Balaban J connectivity index is 2.79. The summed E-state index contributed by atoms with van der Waals surface area (Å²) >= 11 is 0. The van der Waals surface area contributed by atoms with E-state index in [9.17, 15) is 13.2 Å². The molecule has 0 fully saturated rings. The van der Waals surface area contributed by atoms with E-state index < -0.39 is 22.0 Å². The number of methoxy groups -OCH3 is 1. The molecule has 0 spiro atoms. The van der Waals surface area contributed by atoms with Crippen molar-refractivity contribution in [2.75, 3.05) is 7.11 Å². The van der Waals surface area contributed by atoms with Gasteiger partial charge in [0.15, 0.2) is 0 Å². The van der Waals surface area contributed by atoms with E-state index in [1.54, 1.807) is 19.1 Å². The van der Waals surface area contributed by atoms with Gasteiger partial charge in [-0.3, -0.25) is 4.79 Å². The second kappa shape index (κ2) is 5.97. The van der Waals surface area contributed by atoms with Crippen molar-refractivity contribution in [2.24, 2.45) is 0 Å². The number of rotatable bonds is 5. The van der Waals surface area contributed by atoms with Crippen LogP contribution in [-0.2, 0) is 19.6 Å². The Kier molecular flexibility index (Phi) is 4.86. The SMILES string of the molecule is COC(=O)C[C@@H](C)NS(=O)(=O)c1cccc(C)c1. The number of benzene rings is 1. The maximum Gasteiger partial charge on any atom is 0.307 e. The molecule has 1 aromatic rings. The van der Waals surface area contributed by atoms with Crippen molar-refractivity contribution in [3.05, 3.63) is 29.8 Å². The minimum absolute atomic E-state index is 0.00153. The summed E-state index contributed by atoms with van der Waals surface area (Å²) in [7, 11) is -2.33. The molecule has 1 N–H and O–H groups in total. The van der Waals surface area contributed by atoms with Crippen LogP contribution in [0.3, 0.4) is 0 Å². The Morgan fingerprint density at radius 1 is 1.44 bits per heavy atom. The normalized spacial score (nSPS) is 13.1. The Morgan fingerprint density at radius 2 is 2.11 bits per heavy atom. The summed E-state index contributed by atoms with van der Waals surface area (Å²) in [6.07, 6.45) is 0.00153. The maximum absolute atomic E-state index is 12.0. The van der Waals surface area contributed by atoms with Gasteiger partial charge in [-0.1, -0.05) is 12.1 Å². The zero-order chi connectivity index (χ0) is 13.8. The van der Waals surface area contributed by atoms with Gasteiger partial charge in [-0.2, -0.15) is 0 Å². The smallest absolute Gasteiger partial charge is 0.307 e. The third kappa shape index (κ3) is 4.12. The second-order valence-corrected chi connectivity index (χ2v) is 5.83. The lowest BCUT2D eigenvalue weighted by Crippen LogP contribution is -2.34. The molecule has 0 aliphatic heterocycles. The molecule has 1 aromatic carbocycles. The number of ether oxygens (including phenoxy) is 1. The predicted molar refractivity (Wildman–Crippen MR) is 67.6 cm³/mol. The monoisotopic (exact) mass is 271 g/mol. The van der Waals surface area contributed by atoms with E-state index in [4.69, 9.17) is 0 Å². The molecule has 0 saturated carbocycles. The van der Waals surface area contributed by atoms with E-state index in [0.717, 1.165) is 5.56 Å². The zero-order valence-corrected chi connectivity index (χ0v) is 11.5. The number of carbonyl (C=O) groups excluding carboxylic acids is 1. The van der Waals surface area contributed by atoms with Crippen molar-refractivity contribution < 1.29 is 17.9 Å². The Morgan fingerprint density at radius 3 is 2.67 bits per heavy atom. The van der Waals surface area contributed by atoms with E-state index in [1.807, 2.05) is 13.0 Å². The minimum Gasteiger partial charge on any atom is -0.469 e. The molecule has 5 nitrogen and oxygen atoms in total. The molecule has 0 heterocycles. The average molecular weight is 271 g/mol. The first-order chi connectivity index (χ1) is 8.35. The first-order valence-corrected chi connectivity index (χ1v) is 6.99. The topological polar surface area (TPSA) is 72.5 Å². The van der Waals surface area contributed by atoms with Crippen molar-refractivity contribution in [3.8, 4) is 0 Å². The lowest BCUT2D eigenvalue weighted by molar-refractivity contribution is -0.140. The molecular weight excluding hydrogens is 254 g/mol. The fourth-order valence-electron chi connectivity index (χ4n) is 1.49.